The fourth-order valence-electron chi connectivity index (χ4n) is 2.73. The van der Waals surface area contributed by atoms with E-state index in [1.807, 2.05) is 0 Å². The molecule has 0 bridgehead atoms. The molecule has 130 valence electrons. The van der Waals surface area contributed by atoms with E-state index in [2.05, 4.69) is 5.32 Å². The van der Waals surface area contributed by atoms with Crippen molar-refractivity contribution in [2.75, 3.05) is 23.8 Å². The molecule has 1 unspecified atom stereocenters. The lowest BCUT2D eigenvalue weighted by Crippen LogP contribution is -2.51. The standard InChI is InChI=1S/C17H16N2O4S2/c1-19-13-9-5-3-7-11(13)15(20)16(25(19,21)22)17(24)18-12-8-4-6-10-14(12)23-2/h3-10,16H,1-2H3,(H,18,24). The van der Waals surface area contributed by atoms with Gasteiger partial charge < -0.3 is 10.1 Å². The summed E-state index contributed by atoms with van der Waals surface area (Å²) in [5.41, 5.74) is 1.18. The van der Waals surface area contributed by atoms with Crippen molar-refractivity contribution in [1.82, 2.24) is 0 Å². The molecule has 0 fully saturated rings. The normalized spacial score (nSPS) is 18.4. The van der Waals surface area contributed by atoms with Crippen LogP contribution in [-0.2, 0) is 10.0 Å². The van der Waals surface area contributed by atoms with E-state index in [9.17, 15) is 13.2 Å². The quantitative estimate of drug-likeness (QED) is 0.830. The molecule has 0 aliphatic carbocycles. The average Bonchev–Trinajstić information content (AvgIpc) is 2.60. The summed E-state index contributed by atoms with van der Waals surface area (Å²) in [6.07, 6.45) is 0. The van der Waals surface area contributed by atoms with Gasteiger partial charge in [-0.05, 0) is 24.3 Å². The number of carbonyl (C=O) groups excluding carboxylic acids is 1. The smallest absolute Gasteiger partial charge is 0.252 e. The Balaban J connectivity index is 2.01. The summed E-state index contributed by atoms with van der Waals surface area (Å²) in [6, 6.07) is 13.5. The van der Waals surface area contributed by atoms with E-state index >= 15 is 0 Å². The van der Waals surface area contributed by atoms with E-state index in [1.54, 1.807) is 48.5 Å². The number of methoxy groups -OCH3 is 1. The molecule has 0 spiro atoms. The van der Waals surface area contributed by atoms with Gasteiger partial charge in [-0.2, -0.15) is 0 Å². The fourth-order valence-corrected chi connectivity index (χ4v) is 4.79. The number of ketones is 1. The van der Waals surface area contributed by atoms with Crippen LogP contribution >= 0.6 is 12.2 Å². The summed E-state index contributed by atoms with van der Waals surface area (Å²) in [6.45, 7) is 0. The largest absolute Gasteiger partial charge is 0.495 e. The van der Waals surface area contributed by atoms with Crippen molar-refractivity contribution in [2.24, 2.45) is 0 Å². The van der Waals surface area contributed by atoms with Gasteiger partial charge in [0.05, 0.1) is 18.5 Å². The highest BCUT2D eigenvalue weighted by Crippen LogP contribution is 2.33. The molecule has 1 aliphatic heterocycles. The van der Waals surface area contributed by atoms with Crippen LogP contribution in [0.2, 0.25) is 0 Å². The van der Waals surface area contributed by atoms with E-state index in [0.29, 0.717) is 22.7 Å². The number of carbonyl (C=O) groups is 1. The zero-order valence-corrected chi connectivity index (χ0v) is 15.2. The summed E-state index contributed by atoms with van der Waals surface area (Å²) < 4.78 is 32.0. The number of nitrogens with one attached hydrogen (secondary N) is 1. The van der Waals surface area contributed by atoms with Crippen molar-refractivity contribution >= 4 is 44.4 Å². The minimum atomic E-state index is -3.96. The summed E-state index contributed by atoms with van der Waals surface area (Å²) in [5.74, 6) is -0.0413. The third kappa shape index (κ3) is 2.87. The van der Waals surface area contributed by atoms with Gasteiger partial charge >= 0.3 is 0 Å². The molecule has 25 heavy (non-hydrogen) atoms. The Hall–Kier alpha value is -2.45. The first-order chi connectivity index (χ1) is 11.9. The van der Waals surface area contributed by atoms with E-state index in [1.165, 1.54) is 14.2 Å². The highest BCUT2D eigenvalue weighted by Gasteiger charge is 2.45. The highest BCUT2D eigenvalue weighted by molar-refractivity contribution is 7.96. The second kappa shape index (κ2) is 6.45. The first-order valence-electron chi connectivity index (χ1n) is 7.43. The van der Waals surface area contributed by atoms with Gasteiger partial charge in [-0.15, -0.1) is 0 Å². The van der Waals surface area contributed by atoms with Crippen LogP contribution in [0, 0.1) is 0 Å². The fraction of sp³-hybridized carbons (Fsp3) is 0.176. The number of para-hydroxylation sites is 3. The number of benzene rings is 2. The number of sulfonamides is 1. The lowest BCUT2D eigenvalue weighted by atomic mass is 10.1. The molecule has 1 N–H and O–H groups in total. The van der Waals surface area contributed by atoms with Crippen molar-refractivity contribution in [3.63, 3.8) is 0 Å². The SMILES string of the molecule is COc1ccccc1NC(=S)C1C(=O)c2ccccc2N(C)S1(=O)=O. The van der Waals surface area contributed by atoms with Crippen LogP contribution in [0.4, 0.5) is 11.4 Å². The first kappa shape index (κ1) is 17.4. The predicted octanol–water partition coefficient (Wildman–Crippen LogP) is 2.47. The number of hydrogen-bond donors (Lipinski definition) is 1. The van der Waals surface area contributed by atoms with E-state index < -0.39 is 21.1 Å². The third-order valence-corrected chi connectivity index (χ3v) is 6.52. The predicted molar refractivity (Wildman–Crippen MR) is 101 cm³/mol. The van der Waals surface area contributed by atoms with Gasteiger partial charge in [0, 0.05) is 12.6 Å². The van der Waals surface area contributed by atoms with Gasteiger partial charge in [0.1, 0.15) is 10.7 Å². The third-order valence-electron chi connectivity index (χ3n) is 4.03. The molecule has 2 aromatic rings. The van der Waals surface area contributed by atoms with E-state index in [-0.39, 0.29) is 4.99 Å². The van der Waals surface area contributed by atoms with Crippen LogP contribution in [0.3, 0.4) is 0 Å². The van der Waals surface area contributed by atoms with Gasteiger partial charge in [-0.25, -0.2) is 8.42 Å². The summed E-state index contributed by atoms with van der Waals surface area (Å²) >= 11 is 5.28. The Morgan fingerprint density at radius 1 is 1.16 bits per heavy atom. The van der Waals surface area contributed by atoms with E-state index in [4.69, 9.17) is 17.0 Å². The minimum absolute atomic E-state index is 0.0872. The molecule has 0 amide bonds. The Bertz CT molecular complexity index is 957. The maximum absolute atomic E-state index is 12.8. The Morgan fingerprint density at radius 2 is 1.80 bits per heavy atom. The van der Waals surface area contributed by atoms with E-state index in [0.717, 1.165) is 4.31 Å². The number of thiocarbonyl (C=S) groups is 1. The van der Waals surface area contributed by atoms with Crippen LogP contribution in [0.1, 0.15) is 10.4 Å². The molecule has 1 heterocycles. The van der Waals surface area contributed by atoms with Gasteiger partial charge in [0.25, 0.3) is 10.0 Å². The molecule has 2 aromatic carbocycles. The summed E-state index contributed by atoms with van der Waals surface area (Å²) in [4.78, 5) is 12.7. The molecule has 3 rings (SSSR count). The molecule has 0 saturated carbocycles. The van der Waals surface area contributed by atoms with Gasteiger partial charge in [0.2, 0.25) is 0 Å². The van der Waals surface area contributed by atoms with Crippen LogP contribution < -0.4 is 14.4 Å². The second-order valence-electron chi connectivity index (χ2n) is 5.46. The zero-order chi connectivity index (χ0) is 18.2. The lowest BCUT2D eigenvalue weighted by Gasteiger charge is -2.32. The number of anilines is 2. The van der Waals surface area contributed by atoms with Gasteiger partial charge in [0.15, 0.2) is 11.0 Å². The summed E-state index contributed by atoms with van der Waals surface area (Å²) in [5, 5.41) is 1.37. The maximum atomic E-state index is 12.8. The van der Waals surface area contributed by atoms with Crippen LogP contribution in [0.5, 0.6) is 5.75 Å². The number of rotatable bonds is 3. The Kier molecular flexibility index (Phi) is 4.49. The highest BCUT2D eigenvalue weighted by atomic mass is 32.2. The van der Waals surface area contributed by atoms with Crippen molar-refractivity contribution in [1.29, 1.82) is 0 Å². The number of Topliss-reactive ketones (excluding diaryl/α,β-unsaturated/α-hetero) is 1. The molecule has 1 aliphatic rings. The zero-order valence-electron chi connectivity index (χ0n) is 13.6. The Labute approximate surface area is 151 Å². The number of hydrogen-bond acceptors (Lipinski definition) is 5. The minimum Gasteiger partial charge on any atom is -0.495 e. The number of nitrogens with zero attached hydrogens (tertiary/aromatic N) is 1. The number of fused-ring (bicyclic) bond motifs is 1. The molecule has 1 atom stereocenters. The molecule has 0 aromatic heterocycles. The maximum Gasteiger partial charge on any atom is 0.252 e. The van der Waals surface area contributed by atoms with Crippen LogP contribution in [-0.4, -0.2) is 38.6 Å². The molecular formula is C17H16N2O4S2. The van der Waals surface area contributed by atoms with Crippen molar-refractivity contribution < 1.29 is 17.9 Å². The monoisotopic (exact) mass is 376 g/mol. The van der Waals surface area contributed by atoms with Crippen molar-refractivity contribution in [3.05, 3.63) is 54.1 Å². The molecule has 6 nitrogen and oxygen atoms in total. The van der Waals surface area contributed by atoms with Crippen molar-refractivity contribution in [2.45, 2.75) is 5.25 Å². The average molecular weight is 376 g/mol. The number of ether oxygens (including phenoxy) is 1. The molecule has 0 radical (unpaired) electrons. The molecule has 0 saturated heterocycles. The van der Waals surface area contributed by atoms with Crippen LogP contribution in [0.25, 0.3) is 0 Å². The lowest BCUT2D eigenvalue weighted by molar-refractivity contribution is 0.100. The van der Waals surface area contributed by atoms with Crippen LogP contribution in [0.15, 0.2) is 48.5 Å². The second-order valence-corrected chi connectivity index (χ2v) is 7.95. The van der Waals surface area contributed by atoms with Crippen molar-refractivity contribution in [3.8, 4) is 5.75 Å². The Morgan fingerprint density at radius 3 is 2.52 bits per heavy atom. The van der Waals surface area contributed by atoms with Gasteiger partial charge in [-0.1, -0.05) is 36.5 Å². The topological polar surface area (TPSA) is 75.7 Å². The van der Waals surface area contributed by atoms with Gasteiger partial charge in [-0.3, -0.25) is 9.10 Å². The first-order valence-corrected chi connectivity index (χ1v) is 9.34. The summed E-state index contributed by atoms with van der Waals surface area (Å²) in [7, 11) is -1.05. The molecular weight excluding hydrogens is 360 g/mol. The molecule has 8 heteroatoms.